The highest BCUT2D eigenvalue weighted by molar-refractivity contribution is 8.00. The van der Waals surface area contributed by atoms with Gasteiger partial charge in [-0.05, 0) is 44.4 Å². The number of carbonyl (C=O) groups excluding carboxylic acids is 1. The molecule has 0 aromatic rings. The van der Waals surface area contributed by atoms with Crippen LogP contribution in [0.1, 0.15) is 39.0 Å². The fourth-order valence-corrected chi connectivity index (χ4v) is 4.00. The minimum absolute atomic E-state index is 0.253. The number of piperidine rings is 1. The van der Waals surface area contributed by atoms with Crippen molar-refractivity contribution in [3.8, 4) is 0 Å². The molecular formula is C13H24N2OS. The van der Waals surface area contributed by atoms with Crippen molar-refractivity contribution in [3.63, 3.8) is 0 Å². The molecule has 0 aliphatic carbocycles. The van der Waals surface area contributed by atoms with E-state index in [0.717, 1.165) is 32.5 Å². The summed E-state index contributed by atoms with van der Waals surface area (Å²) in [7, 11) is 0. The summed E-state index contributed by atoms with van der Waals surface area (Å²) in [5.74, 6) is 1.57. The topological polar surface area (TPSA) is 32.3 Å². The van der Waals surface area contributed by atoms with Crippen molar-refractivity contribution in [2.24, 2.45) is 0 Å². The van der Waals surface area contributed by atoms with Crippen LogP contribution < -0.4 is 5.32 Å². The second-order valence-corrected chi connectivity index (χ2v) is 6.34. The Morgan fingerprint density at radius 1 is 1.41 bits per heavy atom. The van der Waals surface area contributed by atoms with E-state index in [1.54, 1.807) is 0 Å². The van der Waals surface area contributed by atoms with Gasteiger partial charge in [-0.25, -0.2) is 0 Å². The van der Waals surface area contributed by atoms with E-state index >= 15 is 0 Å². The lowest BCUT2D eigenvalue weighted by molar-refractivity contribution is -0.133. The van der Waals surface area contributed by atoms with Crippen LogP contribution in [0.25, 0.3) is 0 Å². The van der Waals surface area contributed by atoms with Crippen LogP contribution in [-0.4, -0.2) is 47.5 Å². The molecule has 2 aliphatic heterocycles. The van der Waals surface area contributed by atoms with E-state index in [1.165, 1.54) is 25.0 Å². The molecule has 0 bridgehead atoms. The van der Waals surface area contributed by atoms with Gasteiger partial charge in [-0.2, -0.15) is 0 Å². The van der Waals surface area contributed by atoms with Gasteiger partial charge in [0.05, 0.1) is 5.25 Å². The number of carbonyl (C=O) groups is 1. The summed E-state index contributed by atoms with van der Waals surface area (Å²) < 4.78 is 0. The summed E-state index contributed by atoms with van der Waals surface area (Å²) >= 11 is 1.86. The average molecular weight is 256 g/mol. The third-order valence-corrected chi connectivity index (χ3v) is 5.03. The van der Waals surface area contributed by atoms with Crippen LogP contribution in [0.3, 0.4) is 0 Å². The van der Waals surface area contributed by atoms with Gasteiger partial charge < -0.3 is 10.2 Å². The molecule has 2 unspecified atom stereocenters. The van der Waals surface area contributed by atoms with Crippen molar-refractivity contribution in [1.82, 2.24) is 10.2 Å². The predicted octanol–water partition coefficient (Wildman–Crippen LogP) is 1.87. The van der Waals surface area contributed by atoms with Crippen molar-refractivity contribution in [2.45, 2.75) is 50.3 Å². The molecule has 4 heteroatoms. The minimum atomic E-state index is 0.253. The minimum Gasteiger partial charge on any atom is -0.337 e. The fourth-order valence-electron chi connectivity index (χ4n) is 2.77. The quantitative estimate of drug-likeness (QED) is 0.833. The normalized spacial score (nSPS) is 29.2. The van der Waals surface area contributed by atoms with Crippen LogP contribution in [0.2, 0.25) is 0 Å². The number of nitrogens with one attached hydrogen (secondary N) is 1. The zero-order valence-electron chi connectivity index (χ0n) is 10.8. The van der Waals surface area contributed by atoms with Gasteiger partial charge in [0.2, 0.25) is 5.91 Å². The van der Waals surface area contributed by atoms with Crippen molar-refractivity contribution in [2.75, 3.05) is 25.4 Å². The third kappa shape index (κ3) is 3.38. The van der Waals surface area contributed by atoms with Gasteiger partial charge >= 0.3 is 0 Å². The largest absolute Gasteiger partial charge is 0.337 e. The zero-order chi connectivity index (χ0) is 12.1. The summed E-state index contributed by atoms with van der Waals surface area (Å²) in [5, 5.41) is 3.67. The van der Waals surface area contributed by atoms with Gasteiger partial charge in [-0.1, -0.05) is 6.92 Å². The SMILES string of the molecule is CCCN(C(=O)C1CCCS1)C1CCCNC1. The van der Waals surface area contributed by atoms with Crippen LogP contribution >= 0.6 is 11.8 Å². The molecule has 0 aromatic heterocycles. The van der Waals surface area contributed by atoms with Crippen LogP contribution in [-0.2, 0) is 4.79 Å². The Bertz CT molecular complexity index is 248. The zero-order valence-corrected chi connectivity index (χ0v) is 11.6. The van der Waals surface area contributed by atoms with Gasteiger partial charge in [0.1, 0.15) is 0 Å². The van der Waals surface area contributed by atoms with Crippen LogP contribution in [0.5, 0.6) is 0 Å². The first-order valence-corrected chi connectivity index (χ1v) is 8.00. The first kappa shape index (κ1) is 13.2. The Labute approximate surface area is 109 Å². The van der Waals surface area contributed by atoms with Gasteiger partial charge in [0.25, 0.3) is 0 Å². The van der Waals surface area contributed by atoms with Gasteiger partial charge in [-0.3, -0.25) is 4.79 Å². The highest BCUT2D eigenvalue weighted by atomic mass is 32.2. The molecule has 3 nitrogen and oxygen atoms in total. The molecule has 0 spiro atoms. The molecule has 17 heavy (non-hydrogen) atoms. The molecule has 2 rings (SSSR count). The summed E-state index contributed by atoms with van der Waals surface area (Å²) in [6, 6.07) is 0.442. The van der Waals surface area contributed by atoms with E-state index < -0.39 is 0 Å². The second kappa shape index (κ2) is 6.64. The van der Waals surface area contributed by atoms with Gasteiger partial charge in [-0.15, -0.1) is 11.8 Å². The Morgan fingerprint density at radius 2 is 2.29 bits per heavy atom. The van der Waals surface area contributed by atoms with Gasteiger partial charge in [0.15, 0.2) is 0 Å². The Hall–Kier alpha value is -0.220. The van der Waals surface area contributed by atoms with Crippen molar-refractivity contribution < 1.29 is 4.79 Å². The lowest BCUT2D eigenvalue weighted by Gasteiger charge is -2.36. The highest BCUT2D eigenvalue weighted by Crippen LogP contribution is 2.29. The van der Waals surface area contributed by atoms with Crippen LogP contribution in [0.15, 0.2) is 0 Å². The van der Waals surface area contributed by atoms with E-state index in [2.05, 4.69) is 17.1 Å². The molecule has 0 saturated carbocycles. The Balaban J connectivity index is 1.96. The summed E-state index contributed by atoms with van der Waals surface area (Å²) in [6.07, 6.45) is 5.75. The molecule has 2 fully saturated rings. The average Bonchev–Trinajstić information content (AvgIpc) is 2.90. The molecule has 2 aliphatic rings. The highest BCUT2D eigenvalue weighted by Gasteiger charge is 2.31. The first-order chi connectivity index (χ1) is 8.33. The monoisotopic (exact) mass is 256 g/mol. The smallest absolute Gasteiger partial charge is 0.235 e. The lowest BCUT2D eigenvalue weighted by atomic mass is 10.0. The molecule has 1 amide bonds. The van der Waals surface area contributed by atoms with Crippen molar-refractivity contribution >= 4 is 17.7 Å². The maximum Gasteiger partial charge on any atom is 0.235 e. The lowest BCUT2D eigenvalue weighted by Crippen LogP contribution is -2.51. The molecule has 1 N–H and O–H groups in total. The van der Waals surface area contributed by atoms with E-state index in [1.807, 2.05) is 11.8 Å². The van der Waals surface area contributed by atoms with Crippen LogP contribution in [0, 0.1) is 0 Å². The summed E-state index contributed by atoms with van der Waals surface area (Å²) in [6.45, 7) is 5.20. The van der Waals surface area contributed by atoms with E-state index in [4.69, 9.17) is 0 Å². The molecule has 0 radical (unpaired) electrons. The number of rotatable bonds is 4. The van der Waals surface area contributed by atoms with Gasteiger partial charge in [0, 0.05) is 19.1 Å². The molecular weight excluding hydrogens is 232 g/mol. The Kier molecular flexibility index (Phi) is 5.16. The van der Waals surface area contributed by atoms with Crippen LogP contribution in [0.4, 0.5) is 0 Å². The number of hydrogen-bond acceptors (Lipinski definition) is 3. The molecule has 2 saturated heterocycles. The maximum atomic E-state index is 12.5. The number of amides is 1. The first-order valence-electron chi connectivity index (χ1n) is 6.95. The van der Waals surface area contributed by atoms with E-state index in [9.17, 15) is 4.79 Å². The van der Waals surface area contributed by atoms with E-state index in [-0.39, 0.29) is 5.25 Å². The van der Waals surface area contributed by atoms with E-state index in [0.29, 0.717) is 11.9 Å². The van der Waals surface area contributed by atoms with Crippen molar-refractivity contribution in [3.05, 3.63) is 0 Å². The number of nitrogens with zero attached hydrogens (tertiary/aromatic N) is 1. The van der Waals surface area contributed by atoms with Crippen molar-refractivity contribution in [1.29, 1.82) is 0 Å². The number of thioether (sulfide) groups is 1. The molecule has 98 valence electrons. The third-order valence-electron chi connectivity index (χ3n) is 3.66. The second-order valence-electron chi connectivity index (χ2n) is 5.03. The number of hydrogen-bond donors (Lipinski definition) is 1. The molecule has 0 aromatic carbocycles. The summed E-state index contributed by atoms with van der Waals surface area (Å²) in [4.78, 5) is 14.7. The molecule has 2 atom stereocenters. The summed E-state index contributed by atoms with van der Waals surface area (Å²) in [5.41, 5.74) is 0. The Morgan fingerprint density at radius 3 is 2.88 bits per heavy atom. The fraction of sp³-hybridized carbons (Fsp3) is 0.923. The molecule has 2 heterocycles. The standard InChI is InChI=1S/C13H24N2OS/c1-2-8-15(11-5-3-7-14-10-11)13(16)12-6-4-9-17-12/h11-12,14H,2-10H2,1H3. The maximum absolute atomic E-state index is 12.5. The predicted molar refractivity (Wildman–Crippen MR) is 73.4 cm³/mol.